The number of Topliss-reactive ketones (excluding diaryl/α,β-unsaturated/α-hetero) is 1. The Bertz CT molecular complexity index is 1120. The third-order valence-corrected chi connectivity index (χ3v) is 7.44. The van der Waals surface area contributed by atoms with Gasteiger partial charge in [-0.1, -0.05) is 6.08 Å². The number of hydrogen-bond donors (Lipinski definition) is 0. The molecule has 5 atom stereocenters. The van der Waals surface area contributed by atoms with Crippen molar-refractivity contribution in [1.82, 2.24) is 0 Å². The van der Waals surface area contributed by atoms with Crippen LogP contribution in [0.5, 0.6) is 0 Å². The molecule has 0 aromatic heterocycles. The molecular formula is C24H22N2O6. The van der Waals surface area contributed by atoms with Gasteiger partial charge in [0.2, 0.25) is 0 Å². The predicted molar refractivity (Wildman–Crippen MR) is 107 cm³/mol. The molecule has 2 unspecified atom stereocenters. The largest absolute Gasteiger partial charge is 0.461 e. The molecule has 4 aliphatic carbocycles. The summed E-state index contributed by atoms with van der Waals surface area (Å²) in [4.78, 5) is 36.0. The molecule has 0 aromatic rings. The van der Waals surface area contributed by atoms with E-state index in [0.717, 1.165) is 17.6 Å². The molecule has 2 fully saturated rings. The first-order valence-electron chi connectivity index (χ1n) is 10.7. The van der Waals surface area contributed by atoms with Crippen LogP contribution < -0.4 is 0 Å². The lowest BCUT2D eigenvalue weighted by atomic mass is 9.65. The molecule has 1 aliphatic heterocycles. The van der Waals surface area contributed by atoms with Gasteiger partial charge in [0.1, 0.15) is 13.2 Å². The average Bonchev–Trinajstić information content (AvgIpc) is 3.44. The summed E-state index contributed by atoms with van der Waals surface area (Å²) in [5.74, 6) is -1.25. The van der Waals surface area contributed by atoms with Crippen molar-refractivity contribution < 1.29 is 28.6 Å². The zero-order valence-electron chi connectivity index (χ0n) is 17.8. The second-order valence-corrected chi connectivity index (χ2v) is 9.16. The molecule has 0 radical (unpaired) electrons. The van der Waals surface area contributed by atoms with E-state index < -0.39 is 17.4 Å². The Morgan fingerprint density at radius 1 is 1.12 bits per heavy atom. The number of nitriles is 2. The standard InChI is InChI=1S/C24H22N2O6/c1-11(27)30-7-17-16-6-24(9-25,10-26)19-4-13-3-15(23-22(13)32-23)21(19)18(8-31-12(2)28)14(16)5-20(17)29/h4,13,15,21-23H,3,5-8H2,1-2H3/t13-,15+,21+,22?,23?/m0/s1. The summed E-state index contributed by atoms with van der Waals surface area (Å²) in [7, 11) is 0. The Morgan fingerprint density at radius 2 is 1.81 bits per heavy atom. The summed E-state index contributed by atoms with van der Waals surface area (Å²) in [6.07, 6.45) is 3.16. The van der Waals surface area contributed by atoms with Crippen LogP contribution in [0.4, 0.5) is 0 Å². The maximum absolute atomic E-state index is 12.9. The van der Waals surface area contributed by atoms with Crippen LogP contribution in [0.25, 0.3) is 0 Å². The maximum atomic E-state index is 12.9. The highest BCUT2D eigenvalue weighted by Crippen LogP contribution is 2.62. The molecule has 5 rings (SSSR count). The second-order valence-electron chi connectivity index (χ2n) is 9.16. The van der Waals surface area contributed by atoms with Crippen LogP contribution in [0.2, 0.25) is 0 Å². The van der Waals surface area contributed by atoms with Crippen LogP contribution in [-0.2, 0) is 28.6 Å². The van der Waals surface area contributed by atoms with Crippen molar-refractivity contribution >= 4 is 17.7 Å². The molecule has 0 aromatic carbocycles. The number of esters is 2. The number of ketones is 1. The summed E-state index contributed by atoms with van der Waals surface area (Å²) in [5, 5.41) is 20.5. The molecule has 0 spiro atoms. The Balaban J connectivity index is 1.71. The van der Waals surface area contributed by atoms with Crippen LogP contribution >= 0.6 is 0 Å². The van der Waals surface area contributed by atoms with Gasteiger partial charge in [0, 0.05) is 44.1 Å². The van der Waals surface area contributed by atoms with Crippen molar-refractivity contribution in [2.45, 2.75) is 45.3 Å². The van der Waals surface area contributed by atoms with Crippen LogP contribution in [0, 0.1) is 45.8 Å². The predicted octanol–water partition coefficient (Wildman–Crippen LogP) is 2.08. The lowest BCUT2D eigenvalue weighted by molar-refractivity contribution is -0.141. The molecule has 0 N–H and O–H groups in total. The first kappa shape index (κ1) is 20.7. The van der Waals surface area contributed by atoms with Gasteiger partial charge in [-0.25, -0.2) is 0 Å². The molecule has 1 heterocycles. The van der Waals surface area contributed by atoms with Gasteiger partial charge in [0.05, 0.1) is 24.3 Å². The molecule has 0 amide bonds. The van der Waals surface area contributed by atoms with Gasteiger partial charge in [0.15, 0.2) is 11.2 Å². The number of carbonyl (C=O) groups is 3. The number of carbonyl (C=O) groups excluding carboxylic acids is 3. The number of rotatable bonds is 4. The van der Waals surface area contributed by atoms with E-state index in [1.54, 1.807) is 0 Å². The minimum absolute atomic E-state index is 0.0181. The monoisotopic (exact) mass is 434 g/mol. The number of hydrogen-bond acceptors (Lipinski definition) is 8. The number of epoxide rings is 1. The molecule has 2 bridgehead atoms. The molecule has 164 valence electrons. The highest BCUT2D eigenvalue weighted by molar-refractivity contribution is 6.03. The summed E-state index contributed by atoms with van der Waals surface area (Å²) < 4.78 is 16.4. The third kappa shape index (κ3) is 2.94. The Kier molecular flexibility index (Phi) is 4.61. The minimum Gasteiger partial charge on any atom is -0.461 e. The van der Waals surface area contributed by atoms with Crippen molar-refractivity contribution in [2.75, 3.05) is 13.2 Å². The second kappa shape index (κ2) is 7.15. The molecular weight excluding hydrogens is 412 g/mol. The number of nitrogens with zero attached hydrogens (tertiary/aromatic N) is 2. The van der Waals surface area contributed by atoms with E-state index in [0.29, 0.717) is 16.7 Å². The summed E-state index contributed by atoms with van der Waals surface area (Å²) in [6, 6.07) is 4.49. The molecule has 1 saturated heterocycles. The summed E-state index contributed by atoms with van der Waals surface area (Å²) >= 11 is 0. The Labute approximate surface area is 185 Å². The zero-order valence-corrected chi connectivity index (χ0v) is 17.8. The highest BCUT2D eigenvalue weighted by atomic mass is 16.6. The first-order valence-corrected chi connectivity index (χ1v) is 10.7. The molecule has 5 aliphatic rings. The van der Waals surface area contributed by atoms with Gasteiger partial charge in [-0.3, -0.25) is 14.4 Å². The van der Waals surface area contributed by atoms with Gasteiger partial charge in [0.25, 0.3) is 0 Å². The van der Waals surface area contributed by atoms with E-state index >= 15 is 0 Å². The van der Waals surface area contributed by atoms with E-state index in [4.69, 9.17) is 14.2 Å². The number of ether oxygens (including phenoxy) is 3. The molecule has 8 nitrogen and oxygen atoms in total. The first-order chi connectivity index (χ1) is 15.3. The quantitative estimate of drug-likeness (QED) is 0.373. The topological polar surface area (TPSA) is 130 Å². The van der Waals surface area contributed by atoms with Gasteiger partial charge in [-0.2, -0.15) is 10.5 Å². The van der Waals surface area contributed by atoms with Crippen molar-refractivity contribution in [1.29, 1.82) is 10.5 Å². The van der Waals surface area contributed by atoms with E-state index in [2.05, 4.69) is 12.1 Å². The highest BCUT2D eigenvalue weighted by Gasteiger charge is 2.64. The van der Waals surface area contributed by atoms with Crippen LogP contribution in [0.3, 0.4) is 0 Å². The molecule has 8 heteroatoms. The number of allylic oxidation sites excluding steroid dienone is 3. The Morgan fingerprint density at radius 3 is 2.47 bits per heavy atom. The Hall–Kier alpha value is -3.23. The van der Waals surface area contributed by atoms with Crippen molar-refractivity contribution in [2.24, 2.45) is 23.2 Å². The fourth-order valence-electron chi connectivity index (χ4n) is 6.05. The zero-order chi connectivity index (χ0) is 22.8. The molecule has 32 heavy (non-hydrogen) atoms. The van der Waals surface area contributed by atoms with Crippen LogP contribution in [-0.4, -0.2) is 43.1 Å². The SMILES string of the molecule is CC(=O)OCC1=C2CC(C#N)(C#N)C3=C[C@@H]4C[C@@H](C5OC54)[C@@H]3C(COC(C)=O)=C2CC1=O. The normalized spacial score (nSPS) is 33.2. The lowest BCUT2D eigenvalue weighted by Gasteiger charge is -2.37. The average molecular weight is 434 g/mol. The molecule has 1 saturated carbocycles. The number of fused-ring (bicyclic) bond motifs is 8. The van der Waals surface area contributed by atoms with Gasteiger partial charge in [-0.05, 0) is 34.6 Å². The van der Waals surface area contributed by atoms with Gasteiger partial charge >= 0.3 is 11.9 Å². The summed E-state index contributed by atoms with van der Waals surface area (Å²) in [5.41, 5.74) is 1.64. The smallest absolute Gasteiger partial charge is 0.302 e. The maximum Gasteiger partial charge on any atom is 0.302 e. The van der Waals surface area contributed by atoms with Crippen molar-refractivity contribution in [3.63, 3.8) is 0 Å². The fourth-order valence-corrected chi connectivity index (χ4v) is 6.05. The van der Waals surface area contributed by atoms with Crippen LogP contribution in [0.15, 0.2) is 33.9 Å². The fraction of sp³-hybridized carbons (Fsp3) is 0.542. The van der Waals surface area contributed by atoms with Crippen molar-refractivity contribution in [3.05, 3.63) is 33.9 Å². The van der Waals surface area contributed by atoms with E-state index in [9.17, 15) is 24.9 Å². The van der Waals surface area contributed by atoms with Gasteiger partial charge < -0.3 is 14.2 Å². The lowest BCUT2D eigenvalue weighted by Crippen LogP contribution is -2.34. The van der Waals surface area contributed by atoms with E-state index in [1.165, 1.54) is 13.8 Å². The van der Waals surface area contributed by atoms with E-state index in [-0.39, 0.29) is 61.8 Å². The van der Waals surface area contributed by atoms with Crippen LogP contribution in [0.1, 0.15) is 33.1 Å². The van der Waals surface area contributed by atoms with Crippen molar-refractivity contribution in [3.8, 4) is 12.1 Å². The van der Waals surface area contributed by atoms with E-state index in [1.807, 2.05) is 6.08 Å². The van der Waals surface area contributed by atoms with Gasteiger partial charge in [-0.15, -0.1) is 0 Å². The minimum atomic E-state index is -1.46. The summed E-state index contributed by atoms with van der Waals surface area (Å²) in [6.45, 7) is 2.36. The third-order valence-electron chi connectivity index (χ3n) is 7.44.